The maximum absolute atomic E-state index is 5.10. The molecule has 0 aromatic carbocycles. The Labute approximate surface area is 162 Å². The van der Waals surface area contributed by atoms with Crippen LogP contribution in [0.2, 0.25) is 0 Å². The van der Waals surface area contributed by atoms with Crippen LogP contribution < -0.4 is 0 Å². The van der Waals surface area contributed by atoms with E-state index >= 15 is 0 Å². The number of morpholine rings is 1. The fourth-order valence-corrected chi connectivity index (χ4v) is 2.45. The number of hydrogen-bond acceptors (Lipinski definition) is 4. The van der Waals surface area contributed by atoms with Gasteiger partial charge in [0, 0.05) is 25.5 Å². The Morgan fingerprint density at radius 2 is 1.27 bits per heavy atom. The molecule has 0 amide bonds. The van der Waals surface area contributed by atoms with Gasteiger partial charge in [0.25, 0.3) is 0 Å². The van der Waals surface area contributed by atoms with Crippen LogP contribution in [0, 0.1) is 0 Å². The van der Waals surface area contributed by atoms with Gasteiger partial charge >= 0.3 is 0 Å². The van der Waals surface area contributed by atoms with Crippen LogP contribution in [0.3, 0.4) is 0 Å². The lowest BCUT2D eigenvalue weighted by Crippen LogP contribution is -2.32. The van der Waals surface area contributed by atoms with E-state index in [4.69, 9.17) is 4.74 Å². The van der Waals surface area contributed by atoms with Crippen LogP contribution in [0.1, 0.15) is 59.3 Å². The predicted octanol–water partition coefficient (Wildman–Crippen LogP) is 4.72. The van der Waals surface area contributed by atoms with E-state index in [9.17, 15) is 0 Å². The second-order valence-corrected chi connectivity index (χ2v) is 6.84. The Morgan fingerprint density at radius 3 is 1.50 bits per heavy atom. The summed E-state index contributed by atoms with van der Waals surface area (Å²) < 4.78 is 5.10. The van der Waals surface area contributed by atoms with E-state index in [0.29, 0.717) is 0 Å². The molecule has 1 aromatic rings. The van der Waals surface area contributed by atoms with Crippen molar-refractivity contribution in [3.63, 3.8) is 0 Å². The van der Waals surface area contributed by atoms with Crippen molar-refractivity contribution in [2.45, 2.75) is 59.3 Å². The number of aromatic nitrogens is 1. The van der Waals surface area contributed by atoms with E-state index in [2.05, 4.69) is 42.6 Å². The topological polar surface area (TPSA) is 28.6 Å². The van der Waals surface area contributed by atoms with Gasteiger partial charge in [-0.3, -0.25) is 4.98 Å². The van der Waals surface area contributed by atoms with Crippen molar-refractivity contribution in [3.05, 3.63) is 30.6 Å². The van der Waals surface area contributed by atoms with Gasteiger partial charge in [0.15, 0.2) is 0 Å². The van der Waals surface area contributed by atoms with Crippen molar-refractivity contribution in [2.24, 2.45) is 0 Å². The average Bonchev–Trinajstić information content (AvgIpc) is 2.70. The highest BCUT2D eigenvalue weighted by atomic mass is 16.5. The highest BCUT2D eigenvalue weighted by molar-refractivity contribution is 4.88. The zero-order chi connectivity index (χ0) is 19.3. The van der Waals surface area contributed by atoms with Crippen LogP contribution in [-0.4, -0.2) is 67.8 Å². The number of ether oxygens (including phenoxy) is 1. The van der Waals surface area contributed by atoms with Crippen molar-refractivity contribution in [3.8, 4) is 0 Å². The Balaban J connectivity index is 0.000000398. The zero-order valence-corrected chi connectivity index (χ0v) is 17.8. The molecule has 1 aromatic heterocycles. The highest BCUT2D eigenvalue weighted by Crippen LogP contribution is 2.01. The van der Waals surface area contributed by atoms with Crippen molar-refractivity contribution in [1.82, 2.24) is 14.8 Å². The fourth-order valence-electron chi connectivity index (χ4n) is 2.45. The van der Waals surface area contributed by atoms with Gasteiger partial charge in [-0.2, -0.15) is 0 Å². The number of hydrogen-bond donors (Lipinski definition) is 0. The normalized spacial score (nSPS) is 14.2. The minimum absolute atomic E-state index is 0.913. The Kier molecular flexibility index (Phi) is 19.6. The third-order valence-corrected chi connectivity index (χ3v) is 4.28. The van der Waals surface area contributed by atoms with Gasteiger partial charge in [0.2, 0.25) is 0 Å². The quantitative estimate of drug-likeness (QED) is 0.633. The van der Waals surface area contributed by atoms with Crippen molar-refractivity contribution >= 4 is 0 Å². The van der Waals surface area contributed by atoms with Crippen LogP contribution in [0.5, 0.6) is 0 Å². The molecule has 4 heteroatoms. The maximum atomic E-state index is 5.10. The second kappa shape index (κ2) is 20.3. The molecule has 0 atom stereocenters. The molecule has 2 heterocycles. The summed E-state index contributed by atoms with van der Waals surface area (Å²) in [6.45, 7) is 14.8. The molecule has 1 aliphatic heterocycles. The zero-order valence-electron chi connectivity index (χ0n) is 17.8. The lowest BCUT2D eigenvalue weighted by atomic mass is 10.2. The third kappa shape index (κ3) is 17.8. The van der Waals surface area contributed by atoms with Gasteiger partial charge < -0.3 is 14.5 Å². The molecule has 0 N–H and O–H groups in total. The van der Waals surface area contributed by atoms with Crippen molar-refractivity contribution in [1.29, 1.82) is 0 Å². The molecule has 1 saturated heterocycles. The smallest absolute Gasteiger partial charge is 0.0594 e. The number of unbranched alkanes of at least 4 members (excludes halogenated alkanes) is 3. The standard InChI is InChI=1S/C12H27N.C5H11NO.C5H5N/c1-4-7-10-13(11-8-5-2)12-9-6-3;1-6-2-4-7-5-3-6;1-2-4-6-5-3-1/h4-12H2,1-3H3;2-5H2,1H3;1-5H. The van der Waals surface area contributed by atoms with E-state index in [-0.39, 0.29) is 0 Å². The van der Waals surface area contributed by atoms with Gasteiger partial charge in [0.05, 0.1) is 13.2 Å². The molecule has 0 aliphatic carbocycles. The molecular formula is C22H43N3O. The summed E-state index contributed by atoms with van der Waals surface area (Å²) in [4.78, 5) is 8.69. The lowest BCUT2D eigenvalue weighted by molar-refractivity contribution is 0.0503. The number of likely N-dealkylation sites (N-methyl/N-ethyl adjacent to an activating group) is 1. The molecule has 0 bridgehead atoms. The predicted molar refractivity (Wildman–Crippen MR) is 114 cm³/mol. The van der Waals surface area contributed by atoms with Crippen molar-refractivity contribution in [2.75, 3.05) is 53.0 Å². The first kappa shape index (κ1) is 25.0. The Hall–Kier alpha value is -0.970. The van der Waals surface area contributed by atoms with Crippen LogP contribution >= 0.6 is 0 Å². The minimum atomic E-state index is 0.913. The Bertz CT molecular complexity index is 310. The van der Waals surface area contributed by atoms with Gasteiger partial charge in [-0.25, -0.2) is 0 Å². The molecule has 2 rings (SSSR count). The first-order chi connectivity index (χ1) is 12.7. The first-order valence-electron chi connectivity index (χ1n) is 10.6. The third-order valence-electron chi connectivity index (χ3n) is 4.28. The molecule has 4 nitrogen and oxygen atoms in total. The molecule has 1 aliphatic rings. The maximum Gasteiger partial charge on any atom is 0.0594 e. The molecule has 26 heavy (non-hydrogen) atoms. The van der Waals surface area contributed by atoms with Gasteiger partial charge in [-0.1, -0.05) is 46.1 Å². The molecule has 0 spiro atoms. The van der Waals surface area contributed by atoms with Crippen LogP contribution in [0.4, 0.5) is 0 Å². The van der Waals surface area contributed by atoms with E-state index < -0.39 is 0 Å². The minimum Gasteiger partial charge on any atom is -0.379 e. The number of rotatable bonds is 9. The molecule has 1 fully saturated rings. The van der Waals surface area contributed by atoms with Crippen LogP contribution in [-0.2, 0) is 4.74 Å². The first-order valence-corrected chi connectivity index (χ1v) is 10.6. The largest absolute Gasteiger partial charge is 0.379 e. The van der Waals surface area contributed by atoms with E-state index in [1.54, 1.807) is 12.4 Å². The van der Waals surface area contributed by atoms with Gasteiger partial charge in [-0.15, -0.1) is 0 Å². The van der Waals surface area contributed by atoms with Gasteiger partial charge in [0.1, 0.15) is 0 Å². The van der Waals surface area contributed by atoms with E-state index in [0.717, 1.165) is 26.3 Å². The van der Waals surface area contributed by atoms with Crippen LogP contribution in [0.15, 0.2) is 30.6 Å². The summed E-state index contributed by atoms with van der Waals surface area (Å²) in [6.07, 6.45) is 11.6. The molecule has 0 saturated carbocycles. The summed E-state index contributed by atoms with van der Waals surface area (Å²) in [7, 11) is 2.11. The molecular weight excluding hydrogens is 322 g/mol. The van der Waals surface area contributed by atoms with Crippen LogP contribution in [0.25, 0.3) is 0 Å². The second-order valence-electron chi connectivity index (χ2n) is 6.84. The summed E-state index contributed by atoms with van der Waals surface area (Å²) in [6, 6.07) is 5.72. The average molecular weight is 366 g/mol. The monoisotopic (exact) mass is 365 g/mol. The number of pyridine rings is 1. The van der Waals surface area contributed by atoms with Crippen molar-refractivity contribution < 1.29 is 4.74 Å². The molecule has 0 unspecified atom stereocenters. The lowest BCUT2D eigenvalue weighted by Gasteiger charge is -2.21. The highest BCUT2D eigenvalue weighted by Gasteiger charge is 2.02. The summed E-state index contributed by atoms with van der Waals surface area (Å²) in [5, 5.41) is 0. The summed E-state index contributed by atoms with van der Waals surface area (Å²) >= 11 is 0. The van der Waals surface area contributed by atoms with Gasteiger partial charge in [-0.05, 0) is 58.1 Å². The van der Waals surface area contributed by atoms with E-state index in [1.807, 2.05) is 18.2 Å². The Morgan fingerprint density at radius 1 is 0.808 bits per heavy atom. The SMILES string of the molecule is CCCCN(CCCC)CCCC.CN1CCOCC1.c1ccncc1. The molecule has 152 valence electrons. The molecule has 0 radical (unpaired) electrons. The summed E-state index contributed by atoms with van der Waals surface area (Å²) in [5.41, 5.74) is 0. The fraction of sp³-hybridized carbons (Fsp3) is 0.773. The van der Waals surface area contributed by atoms with E-state index in [1.165, 1.54) is 58.2 Å². The summed E-state index contributed by atoms with van der Waals surface area (Å²) in [5.74, 6) is 0. The number of nitrogens with zero attached hydrogens (tertiary/aromatic N) is 3.